The number of likely N-dealkylation sites (tertiary alicyclic amines) is 1. The molecular formula is C13H24N2O. The molecule has 0 radical (unpaired) electrons. The molecule has 1 heterocycles. The molecule has 1 aliphatic heterocycles. The van der Waals surface area contributed by atoms with Crippen LogP contribution in [0.15, 0.2) is 0 Å². The third-order valence-electron chi connectivity index (χ3n) is 3.83. The summed E-state index contributed by atoms with van der Waals surface area (Å²) in [7, 11) is 0. The molecule has 1 saturated carbocycles. The summed E-state index contributed by atoms with van der Waals surface area (Å²) in [5.74, 6) is 1.14. The van der Waals surface area contributed by atoms with Gasteiger partial charge in [0.15, 0.2) is 0 Å². The Morgan fingerprint density at radius 3 is 2.75 bits per heavy atom. The highest BCUT2D eigenvalue weighted by molar-refractivity contribution is 5.81. The first kappa shape index (κ1) is 11.9. The summed E-state index contributed by atoms with van der Waals surface area (Å²) >= 11 is 0. The van der Waals surface area contributed by atoms with Crippen molar-refractivity contribution in [3.05, 3.63) is 0 Å². The van der Waals surface area contributed by atoms with Crippen LogP contribution in [0.3, 0.4) is 0 Å². The number of carbonyl (C=O) groups excluding carboxylic acids is 1. The zero-order valence-corrected chi connectivity index (χ0v) is 10.5. The number of hydrogen-bond donors (Lipinski definition) is 1. The molecule has 0 aromatic carbocycles. The number of rotatable bonds is 5. The van der Waals surface area contributed by atoms with Gasteiger partial charge in [0.1, 0.15) is 0 Å². The molecule has 3 unspecified atom stereocenters. The smallest absolute Gasteiger partial charge is 0.239 e. The molecule has 0 spiro atoms. The van der Waals surface area contributed by atoms with Crippen LogP contribution in [0.1, 0.15) is 46.0 Å². The molecule has 2 rings (SSSR count). The van der Waals surface area contributed by atoms with Crippen molar-refractivity contribution in [2.45, 2.75) is 58.0 Å². The van der Waals surface area contributed by atoms with E-state index in [4.69, 9.17) is 0 Å². The Morgan fingerprint density at radius 1 is 1.44 bits per heavy atom. The van der Waals surface area contributed by atoms with Gasteiger partial charge < -0.3 is 10.2 Å². The van der Waals surface area contributed by atoms with E-state index in [0.29, 0.717) is 11.9 Å². The first-order valence-electron chi connectivity index (χ1n) is 6.77. The highest BCUT2D eigenvalue weighted by atomic mass is 16.2. The van der Waals surface area contributed by atoms with Crippen LogP contribution in [0, 0.1) is 5.92 Å². The first-order chi connectivity index (χ1) is 7.72. The lowest BCUT2D eigenvalue weighted by Gasteiger charge is -2.21. The van der Waals surface area contributed by atoms with Crippen LogP contribution in [0.25, 0.3) is 0 Å². The summed E-state index contributed by atoms with van der Waals surface area (Å²) in [5.41, 5.74) is 0. The summed E-state index contributed by atoms with van der Waals surface area (Å²) in [4.78, 5) is 14.0. The van der Waals surface area contributed by atoms with Crippen molar-refractivity contribution in [1.82, 2.24) is 10.2 Å². The second-order valence-electron chi connectivity index (χ2n) is 5.31. The lowest BCUT2D eigenvalue weighted by atomic mass is 10.2. The number of nitrogens with one attached hydrogen (secondary N) is 1. The summed E-state index contributed by atoms with van der Waals surface area (Å²) in [6.45, 7) is 6.18. The molecule has 16 heavy (non-hydrogen) atoms. The molecule has 3 atom stereocenters. The highest BCUT2D eigenvalue weighted by Gasteiger charge is 2.38. The number of amides is 1. The Kier molecular flexibility index (Phi) is 3.85. The maximum atomic E-state index is 12.0. The van der Waals surface area contributed by atoms with E-state index >= 15 is 0 Å². The maximum absolute atomic E-state index is 12.0. The monoisotopic (exact) mass is 224 g/mol. The molecule has 2 fully saturated rings. The molecule has 3 heteroatoms. The van der Waals surface area contributed by atoms with Crippen LogP contribution in [0.2, 0.25) is 0 Å². The molecule has 0 aromatic rings. The Hall–Kier alpha value is -0.570. The van der Waals surface area contributed by atoms with Gasteiger partial charge in [-0.15, -0.1) is 0 Å². The topological polar surface area (TPSA) is 32.3 Å². The van der Waals surface area contributed by atoms with Gasteiger partial charge in [-0.2, -0.15) is 0 Å². The maximum Gasteiger partial charge on any atom is 0.239 e. The minimum atomic E-state index is 0.0185. The SMILES string of the molecule is CCCC1CC1NC(C)C(=O)N1CCCC1. The average molecular weight is 224 g/mol. The summed E-state index contributed by atoms with van der Waals surface area (Å²) in [5, 5.41) is 3.47. The molecule has 0 aromatic heterocycles. The van der Waals surface area contributed by atoms with Gasteiger partial charge in [0.2, 0.25) is 5.91 Å². The van der Waals surface area contributed by atoms with Crippen molar-refractivity contribution in [3.63, 3.8) is 0 Å². The van der Waals surface area contributed by atoms with Crippen LogP contribution >= 0.6 is 0 Å². The summed E-state index contributed by atoms with van der Waals surface area (Å²) < 4.78 is 0. The number of nitrogens with zero attached hydrogens (tertiary/aromatic N) is 1. The van der Waals surface area contributed by atoms with E-state index in [1.54, 1.807) is 0 Å². The summed E-state index contributed by atoms with van der Waals surface area (Å²) in [6, 6.07) is 0.631. The van der Waals surface area contributed by atoms with Gasteiger partial charge in [0, 0.05) is 19.1 Å². The fourth-order valence-corrected chi connectivity index (χ4v) is 2.75. The minimum absolute atomic E-state index is 0.0185. The second kappa shape index (κ2) is 5.17. The fourth-order valence-electron chi connectivity index (χ4n) is 2.75. The third kappa shape index (κ3) is 2.76. The zero-order valence-electron chi connectivity index (χ0n) is 10.5. The normalized spacial score (nSPS) is 30.5. The van der Waals surface area contributed by atoms with Crippen LogP contribution < -0.4 is 5.32 Å². The van der Waals surface area contributed by atoms with Crippen molar-refractivity contribution in [2.24, 2.45) is 5.92 Å². The molecule has 3 nitrogen and oxygen atoms in total. The Bertz CT molecular complexity index is 248. The molecule has 1 amide bonds. The molecule has 1 aliphatic carbocycles. The third-order valence-corrected chi connectivity index (χ3v) is 3.83. The van der Waals surface area contributed by atoms with Gasteiger partial charge in [0.25, 0.3) is 0 Å². The van der Waals surface area contributed by atoms with E-state index in [9.17, 15) is 4.79 Å². The molecule has 0 bridgehead atoms. The lowest BCUT2D eigenvalue weighted by Crippen LogP contribution is -2.44. The highest BCUT2D eigenvalue weighted by Crippen LogP contribution is 2.34. The van der Waals surface area contributed by atoms with Crippen molar-refractivity contribution < 1.29 is 4.79 Å². The van der Waals surface area contributed by atoms with E-state index in [1.807, 2.05) is 11.8 Å². The van der Waals surface area contributed by atoms with Crippen molar-refractivity contribution in [1.29, 1.82) is 0 Å². The predicted molar refractivity (Wildman–Crippen MR) is 65.2 cm³/mol. The molecule has 2 aliphatic rings. The predicted octanol–water partition coefficient (Wildman–Crippen LogP) is 1.78. The largest absolute Gasteiger partial charge is 0.341 e. The first-order valence-corrected chi connectivity index (χ1v) is 6.77. The Morgan fingerprint density at radius 2 is 2.12 bits per heavy atom. The van der Waals surface area contributed by atoms with Gasteiger partial charge >= 0.3 is 0 Å². The van der Waals surface area contributed by atoms with E-state index in [-0.39, 0.29) is 6.04 Å². The Labute approximate surface area is 98.6 Å². The van der Waals surface area contributed by atoms with Crippen molar-refractivity contribution in [3.8, 4) is 0 Å². The Balaban J connectivity index is 1.71. The van der Waals surface area contributed by atoms with Crippen molar-refractivity contribution >= 4 is 5.91 Å². The van der Waals surface area contributed by atoms with Gasteiger partial charge in [0.05, 0.1) is 6.04 Å². The summed E-state index contributed by atoms with van der Waals surface area (Å²) in [6.07, 6.45) is 6.20. The molecule has 92 valence electrons. The van der Waals surface area contributed by atoms with E-state index in [2.05, 4.69) is 12.2 Å². The van der Waals surface area contributed by atoms with E-state index < -0.39 is 0 Å². The van der Waals surface area contributed by atoms with Gasteiger partial charge in [-0.05, 0) is 38.5 Å². The average Bonchev–Trinajstić information content (AvgIpc) is 2.82. The van der Waals surface area contributed by atoms with E-state index in [1.165, 1.54) is 32.1 Å². The number of carbonyl (C=O) groups is 1. The second-order valence-corrected chi connectivity index (χ2v) is 5.31. The van der Waals surface area contributed by atoms with E-state index in [0.717, 1.165) is 19.0 Å². The lowest BCUT2D eigenvalue weighted by molar-refractivity contribution is -0.132. The van der Waals surface area contributed by atoms with Crippen LogP contribution in [0.4, 0.5) is 0 Å². The molecular weight excluding hydrogens is 200 g/mol. The van der Waals surface area contributed by atoms with Gasteiger partial charge in [-0.3, -0.25) is 4.79 Å². The molecule has 1 saturated heterocycles. The fraction of sp³-hybridized carbons (Fsp3) is 0.923. The number of hydrogen-bond acceptors (Lipinski definition) is 2. The molecule has 1 N–H and O–H groups in total. The van der Waals surface area contributed by atoms with Crippen LogP contribution in [0.5, 0.6) is 0 Å². The zero-order chi connectivity index (χ0) is 11.5. The minimum Gasteiger partial charge on any atom is -0.341 e. The standard InChI is InChI=1S/C13H24N2O/c1-3-6-11-9-12(11)14-10(2)13(16)15-7-4-5-8-15/h10-12,14H,3-9H2,1-2H3. The quantitative estimate of drug-likeness (QED) is 0.772. The van der Waals surface area contributed by atoms with Gasteiger partial charge in [-0.25, -0.2) is 0 Å². The van der Waals surface area contributed by atoms with Crippen LogP contribution in [-0.2, 0) is 4.79 Å². The van der Waals surface area contributed by atoms with Crippen LogP contribution in [-0.4, -0.2) is 36.0 Å². The van der Waals surface area contributed by atoms with Gasteiger partial charge in [-0.1, -0.05) is 13.3 Å². The van der Waals surface area contributed by atoms with Crippen molar-refractivity contribution in [2.75, 3.05) is 13.1 Å².